The molecule has 4 rings (SSSR count). The quantitative estimate of drug-likeness (QED) is 0.741. The minimum Gasteiger partial charge on any atom is -0.496 e. The van der Waals surface area contributed by atoms with Gasteiger partial charge in [-0.25, -0.2) is 9.67 Å². The first kappa shape index (κ1) is 15.3. The van der Waals surface area contributed by atoms with Crippen molar-refractivity contribution >= 4 is 0 Å². The number of aryl methyl sites for hydroxylation is 1. The summed E-state index contributed by atoms with van der Waals surface area (Å²) in [5, 5.41) is 16.0. The summed E-state index contributed by atoms with van der Waals surface area (Å²) >= 11 is 0. The van der Waals surface area contributed by atoms with Gasteiger partial charge in [-0.3, -0.25) is 0 Å². The first-order valence-electron chi connectivity index (χ1n) is 8.69. The van der Waals surface area contributed by atoms with Gasteiger partial charge in [-0.1, -0.05) is 0 Å². The molecule has 0 radical (unpaired) electrons. The van der Waals surface area contributed by atoms with Gasteiger partial charge in [-0.2, -0.15) is 0 Å². The van der Waals surface area contributed by atoms with E-state index in [1.54, 1.807) is 6.26 Å². The van der Waals surface area contributed by atoms with Crippen LogP contribution < -0.4 is 5.32 Å². The summed E-state index contributed by atoms with van der Waals surface area (Å²) in [6, 6.07) is 0.484. The van der Waals surface area contributed by atoms with Crippen LogP contribution in [0.25, 0.3) is 0 Å². The van der Waals surface area contributed by atoms with E-state index in [0.29, 0.717) is 6.04 Å². The Hall–Kier alpha value is -2.22. The molecule has 24 heavy (non-hydrogen) atoms. The van der Waals surface area contributed by atoms with Gasteiger partial charge in [0.05, 0.1) is 18.6 Å². The second-order valence-electron chi connectivity index (χ2n) is 6.42. The first-order chi connectivity index (χ1) is 11.9. The van der Waals surface area contributed by atoms with Crippen molar-refractivity contribution in [3.63, 3.8) is 0 Å². The van der Waals surface area contributed by atoms with Crippen LogP contribution in [-0.2, 0) is 11.3 Å². The lowest BCUT2D eigenvalue weighted by Gasteiger charge is -2.28. The lowest BCUT2D eigenvalue weighted by molar-refractivity contribution is 0.0802. The fraction of sp³-hybridized carbons (Fsp3) is 0.625. The number of hydrogen-bond donors (Lipinski definition) is 1. The number of nitrogens with zero attached hydrogens (tertiary/aromatic N) is 6. The van der Waals surface area contributed by atoms with Gasteiger partial charge in [0.15, 0.2) is 5.82 Å². The Bertz CT molecular complexity index is 662. The third-order valence-electron chi connectivity index (χ3n) is 4.54. The molecule has 1 unspecified atom stereocenters. The summed E-state index contributed by atoms with van der Waals surface area (Å²) in [7, 11) is 0. The molecule has 2 atom stereocenters. The highest BCUT2D eigenvalue weighted by atomic mass is 16.5. The molecule has 0 spiro atoms. The van der Waals surface area contributed by atoms with Crippen LogP contribution >= 0.6 is 0 Å². The van der Waals surface area contributed by atoms with Crippen molar-refractivity contribution in [1.82, 2.24) is 35.1 Å². The van der Waals surface area contributed by atoms with Crippen LogP contribution in [0.4, 0.5) is 0 Å². The zero-order valence-corrected chi connectivity index (χ0v) is 13.7. The van der Waals surface area contributed by atoms with Gasteiger partial charge in [0.1, 0.15) is 12.1 Å². The zero-order chi connectivity index (χ0) is 16.2. The molecule has 8 heteroatoms. The van der Waals surface area contributed by atoms with Crippen molar-refractivity contribution in [2.24, 2.45) is 0 Å². The smallest absolute Gasteiger partial charge is 0.172 e. The molecule has 8 nitrogen and oxygen atoms in total. The summed E-state index contributed by atoms with van der Waals surface area (Å²) in [6.45, 7) is 1.82. The molecule has 2 aromatic rings. The highest BCUT2D eigenvalue weighted by Crippen LogP contribution is 2.36. The number of aromatic nitrogens is 6. The van der Waals surface area contributed by atoms with Crippen LogP contribution in [0.3, 0.4) is 0 Å². The van der Waals surface area contributed by atoms with Crippen LogP contribution in [0, 0.1) is 0 Å². The lowest BCUT2D eigenvalue weighted by Crippen LogP contribution is -2.37. The van der Waals surface area contributed by atoms with Crippen molar-refractivity contribution in [1.29, 1.82) is 0 Å². The fourth-order valence-corrected chi connectivity index (χ4v) is 3.11. The van der Waals surface area contributed by atoms with E-state index in [4.69, 9.17) is 4.74 Å². The maximum atomic E-state index is 5.85. The van der Waals surface area contributed by atoms with Crippen LogP contribution in [0.15, 0.2) is 31.1 Å². The molecular formula is C16H23N7O. The van der Waals surface area contributed by atoms with Crippen molar-refractivity contribution in [2.45, 2.75) is 56.8 Å². The van der Waals surface area contributed by atoms with E-state index >= 15 is 0 Å². The molecule has 1 N–H and O–H groups in total. The predicted molar refractivity (Wildman–Crippen MR) is 86.9 cm³/mol. The molecule has 0 aromatic carbocycles. The Morgan fingerprint density at radius 1 is 1.33 bits per heavy atom. The van der Waals surface area contributed by atoms with Crippen LogP contribution in [0.2, 0.25) is 0 Å². The van der Waals surface area contributed by atoms with Crippen LogP contribution in [-0.4, -0.2) is 42.4 Å². The van der Waals surface area contributed by atoms with Gasteiger partial charge in [0.2, 0.25) is 0 Å². The number of rotatable bonds is 8. The SMILES string of the molecule is C1=CO[C@H](C(NCCCn2ccnc2)c2nnnn2C2CC2)CC1. The van der Waals surface area contributed by atoms with Crippen molar-refractivity contribution in [3.8, 4) is 0 Å². The third-order valence-corrected chi connectivity index (χ3v) is 4.54. The van der Waals surface area contributed by atoms with Gasteiger partial charge in [-0.05, 0) is 55.2 Å². The Morgan fingerprint density at radius 3 is 3.04 bits per heavy atom. The van der Waals surface area contributed by atoms with Gasteiger partial charge < -0.3 is 14.6 Å². The van der Waals surface area contributed by atoms with Crippen LogP contribution in [0.5, 0.6) is 0 Å². The largest absolute Gasteiger partial charge is 0.496 e. The van der Waals surface area contributed by atoms with E-state index in [1.165, 1.54) is 0 Å². The summed E-state index contributed by atoms with van der Waals surface area (Å²) in [4.78, 5) is 4.07. The van der Waals surface area contributed by atoms with E-state index < -0.39 is 0 Å². The van der Waals surface area contributed by atoms with Crippen molar-refractivity contribution in [2.75, 3.05) is 6.54 Å². The molecule has 0 saturated heterocycles. The highest BCUT2D eigenvalue weighted by molar-refractivity contribution is 5.02. The summed E-state index contributed by atoms with van der Waals surface area (Å²) < 4.78 is 9.92. The maximum absolute atomic E-state index is 5.85. The molecule has 128 valence electrons. The van der Waals surface area contributed by atoms with E-state index in [9.17, 15) is 0 Å². The lowest BCUT2D eigenvalue weighted by atomic mass is 10.0. The normalized spacial score (nSPS) is 21.6. The standard InChI is InChI=1S/C16H23N7O/c1-2-11-24-14(4-1)15(16-19-20-21-23(16)13-5-6-13)18-7-3-9-22-10-8-17-12-22/h2,8,10-15,18H,1,3-7,9H2/t14-,15?/m0/s1. The van der Waals surface area contributed by atoms with E-state index in [2.05, 4.69) is 36.5 Å². The minimum absolute atomic E-state index is 0.0216. The van der Waals surface area contributed by atoms with Crippen LogP contribution in [0.1, 0.15) is 50.0 Å². The van der Waals surface area contributed by atoms with E-state index in [1.807, 2.05) is 23.4 Å². The maximum Gasteiger partial charge on any atom is 0.172 e. The molecular weight excluding hydrogens is 306 g/mol. The topological polar surface area (TPSA) is 82.7 Å². The Morgan fingerprint density at radius 2 is 2.29 bits per heavy atom. The number of allylic oxidation sites excluding steroid dienone is 1. The summed E-state index contributed by atoms with van der Waals surface area (Å²) in [5.74, 6) is 0.903. The molecule has 0 bridgehead atoms. The number of hydrogen-bond acceptors (Lipinski definition) is 6. The van der Waals surface area contributed by atoms with Gasteiger partial charge >= 0.3 is 0 Å². The predicted octanol–water partition coefficient (Wildman–Crippen LogP) is 1.62. The molecule has 1 aliphatic carbocycles. The summed E-state index contributed by atoms with van der Waals surface area (Å²) in [5.41, 5.74) is 0. The van der Waals surface area contributed by atoms with E-state index in [-0.39, 0.29) is 12.1 Å². The van der Waals surface area contributed by atoms with Crippen molar-refractivity contribution in [3.05, 3.63) is 36.9 Å². The zero-order valence-electron chi connectivity index (χ0n) is 13.7. The minimum atomic E-state index is 0.0216. The third kappa shape index (κ3) is 3.48. The fourth-order valence-electron chi connectivity index (χ4n) is 3.11. The van der Waals surface area contributed by atoms with E-state index in [0.717, 1.165) is 51.0 Å². The second kappa shape index (κ2) is 7.12. The monoisotopic (exact) mass is 329 g/mol. The molecule has 0 amide bonds. The molecule has 1 saturated carbocycles. The van der Waals surface area contributed by atoms with Gasteiger partial charge in [0, 0.05) is 18.9 Å². The summed E-state index contributed by atoms with van der Waals surface area (Å²) in [6.07, 6.45) is 14.9. The average molecular weight is 329 g/mol. The molecule has 3 heterocycles. The second-order valence-corrected chi connectivity index (χ2v) is 6.42. The number of ether oxygens (including phenoxy) is 1. The van der Waals surface area contributed by atoms with Crippen molar-refractivity contribution < 1.29 is 4.74 Å². The Balaban J connectivity index is 1.41. The molecule has 1 fully saturated rings. The van der Waals surface area contributed by atoms with Gasteiger partial charge in [0.25, 0.3) is 0 Å². The molecule has 1 aliphatic heterocycles. The van der Waals surface area contributed by atoms with Gasteiger partial charge in [-0.15, -0.1) is 5.10 Å². The molecule has 2 aliphatic rings. The molecule has 2 aromatic heterocycles. The number of tetrazole rings is 1. The Labute approximate surface area is 140 Å². The average Bonchev–Trinajstić information content (AvgIpc) is 3.12. The highest BCUT2D eigenvalue weighted by Gasteiger charge is 2.34. The number of imidazole rings is 1. The first-order valence-corrected chi connectivity index (χ1v) is 8.69. The Kier molecular flexibility index (Phi) is 4.55. The number of nitrogens with one attached hydrogen (secondary N) is 1.